The van der Waals surface area contributed by atoms with E-state index in [2.05, 4.69) is 11.4 Å². The molecule has 2 rings (SSSR count). The molecule has 4 heteroatoms. The van der Waals surface area contributed by atoms with Crippen LogP contribution in [0.5, 0.6) is 0 Å². The van der Waals surface area contributed by atoms with E-state index in [4.69, 9.17) is 0 Å². The molecule has 1 aliphatic heterocycles. The van der Waals surface area contributed by atoms with Crippen LogP contribution in [0, 0.1) is 11.3 Å². The molecule has 0 bridgehead atoms. The number of hydrogen-bond acceptors (Lipinski definition) is 2. The lowest BCUT2D eigenvalue weighted by atomic mass is 9.70. The second-order valence-corrected chi connectivity index (χ2v) is 6.09. The zero-order valence-electron chi connectivity index (χ0n) is 12.2. The maximum Gasteiger partial charge on any atom is 0.226 e. The fourth-order valence-electron chi connectivity index (χ4n) is 3.15. The van der Waals surface area contributed by atoms with Gasteiger partial charge in [-0.05, 0) is 25.7 Å². The molecule has 0 radical (unpaired) electrons. The first-order valence-electron chi connectivity index (χ1n) is 7.21. The van der Waals surface area contributed by atoms with Crippen LogP contribution in [0.3, 0.4) is 0 Å². The topological polar surface area (TPSA) is 49.4 Å². The zero-order chi connectivity index (χ0) is 14.0. The molecule has 106 valence electrons. The Morgan fingerprint density at radius 2 is 2.21 bits per heavy atom. The third-order valence-electron chi connectivity index (χ3n) is 4.42. The molecule has 0 aromatic rings. The van der Waals surface area contributed by atoms with E-state index in [1.165, 1.54) is 0 Å². The standard InChI is InChI=1S/C15H24N2O2/c1-11(2)14(19)16-10-15-8-5-4-6-12(15)17(3)13(18)7-9-15/h6,11H,4-5,7-10H2,1-3H3,(H,16,19). The van der Waals surface area contributed by atoms with E-state index in [0.717, 1.165) is 31.4 Å². The number of carbonyl (C=O) groups excluding carboxylic acids is 2. The molecule has 1 fully saturated rings. The predicted octanol–water partition coefficient (Wildman–Crippen LogP) is 2.06. The van der Waals surface area contributed by atoms with Gasteiger partial charge in [-0.2, -0.15) is 0 Å². The van der Waals surface area contributed by atoms with Crippen molar-refractivity contribution in [3.8, 4) is 0 Å². The molecule has 2 amide bonds. The number of nitrogens with one attached hydrogen (secondary N) is 1. The number of likely N-dealkylation sites (tertiary alicyclic amines) is 1. The summed E-state index contributed by atoms with van der Waals surface area (Å²) in [6.07, 6.45) is 6.87. The first-order chi connectivity index (χ1) is 8.96. The molecular weight excluding hydrogens is 240 g/mol. The summed E-state index contributed by atoms with van der Waals surface area (Å²) in [5.74, 6) is 0.299. The predicted molar refractivity (Wildman–Crippen MR) is 74.2 cm³/mol. The zero-order valence-corrected chi connectivity index (χ0v) is 12.2. The van der Waals surface area contributed by atoms with Gasteiger partial charge in [0.25, 0.3) is 0 Å². The van der Waals surface area contributed by atoms with Crippen molar-refractivity contribution in [1.82, 2.24) is 10.2 Å². The lowest BCUT2D eigenvalue weighted by Crippen LogP contribution is -2.49. The highest BCUT2D eigenvalue weighted by molar-refractivity contribution is 5.80. The molecule has 0 aromatic heterocycles. The van der Waals surface area contributed by atoms with Crippen molar-refractivity contribution < 1.29 is 9.59 Å². The van der Waals surface area contributed by atoms with Crippen LogP contribution in [0.15, 0.2) is 11.8 Å². The molecule has 4 nitrogen and oxygen atoms in total. The first kappa shape index (κ1) is 14.1. The largest absolute Gasteiger partial charge is 0.355 e. The molecule has 1 N–H and O–H groups in total. The number of hydrogen-bond donors (Lipinski definition) is 1. The molecule has 1 atom stereocenters. The SMILES string of the molecule is CC(C)C(=O)NCC12CCCC=C1N(C)C(=O)CC2. The van der Waals surface area contributed by atoms with Gasteiger partial charge in [-0.3, -0.25) is 9.59 Å². The van der Waals surface area contributed by atoms with Crippen LogP contribution in [0.2, 0.25) is 0 Å². The van der Waals surface area contributed by atoms with E-state index in [9.17, 15) is 9.59 Å². The van der Waals surface area contributed by atoms with E-state index in [-0.39, 0.29) is 23.1 Å². The van der Waals surface area contributed by atoms with Crippen LogP contribution in [0.4, 0.5) is 0 Å². The molecule has 1 unspecified atom stereocenters. The second-order valence-electron chi connectivity index (χ2n) is 6.09. The Bertz CT molecular complexity index is 414. The average Bonchev–Trinajstić information content (AvgIpc) is 2.41. The summed E-state index contributed by atoms with van der Waals surface area (Å²) in [6, 6.07) is 0. The molecule has 1 saturated heterocycles. The number of rotatable bonds is 3. The van der Waals surface area contributed by atoms with Gasteiger partial charge in [0.1, 0.15) is 0 Å². The van der Waals surface area contributed by atoms with Crippen LogP contribution in [0.25, 0.3) is 0 Å². The van der Waals surface area contributed by atoms with Crippen molar-refractivity contribution in [3.05, 3.63) is 11.8 Å². The van der Waals surface area contributed by atoms with E-state index in [1.54, 1.807) is 4.90 Å². The summed E-state index contributed by atoms with van der Waals surface area (Å²) in [5.41, 5.74) is 1.10. The van der Waals surface area contributed by atoms with E-state index < -0.39 is 0 Å². The highest BCUT2D eigenvalue weighted by Crippen LogP contribution is 2.45. The summed E-state index contributed by atoms with van der Waals surface area (Å²) >= 11 is 0. The summed E-state index contributed by atoms with van der Waals surface area (Å²) in [5, 5.41) is 3.06. The Kier molecular flexibility index (Phi) is 3.97. The Balaban J connectivity index is 2.15. The summed E-state index contributed by atoms with van der Waals surface area (Å²) in [4.78, 5) is 25.4. The van der Waals surface area contributed by atoms with Crippen molar-refractivity contribution >= 4 is 11.8 Å². The normalized spacial score (nSPS) is 27.1. The molecule has 1 aliphatic carbocycles. The van der Waals surface area contributed by atoms with Gasteiger partial charge in [0.15, 0.2) is 0 Å². The average molecular weight is 264 g/mol. The van der Waals surface area contributed by atoms with Crippen molar-refractivity contribution in [3.63, 3.8) is 0 Å². The van der Waals surface area contributed by atoms with Crippen LogP contribution in [0.1, 0.15) is 46.0 Å². The fraction of sp³-hybridized carbons (Fsp3) is 0.733. The molecule has 19 heavy (non-hydrogen) atoms. The Hall–Kier alpha value is -1.32. The number of fused-ring (bicyclic) bond motifs is 1. The highest BCUT2D eigenvalue weighted by atomic mass is 16.2. The van der Waals surface area contributed by atoms with Crippen molar-refractivity contribution in [2.75, 3.05) is 13.6 Å². The third kappa shape index (κ3) is 2.67. The van der Waals surface area contributed by atoms with Gasteiger partial charge in [-0.15, -0.1) is 0 Å². The minimum atomic E-state index is -0.0224. The van der Waals surface area contributed by atoms with Crippen LogP contribution >= 0.6 is 0 Å². The van der Waals surface area contributed by atoms with Gasteiger partial charge in [0.2, 0.25) is 11.8 Å². The second kappa shape index (κ2) is 5.35. The lowest BCUT2D eigenvalue weighted by molar-refractivity contribution is -0.132. The Labute approximate surface area is 115 Å². The molecule has 0 saturated carbocycles. The van der Waals surface area contributed by atoms with Crippen molar-refractivity contribution in [2.24, 2.45) is 11.3 Å². The van der Waals surface area contributed by atoms with Gasteiger partial charge >= 0.3 is 0 Å². The van der Waals surface area contributed by atoms with Crippen LogP contribution in [-0.2, 0) is 9.59 Å². The third-order valence-corrected chi connectivity index (χ3v) is 4.42. The Morgan fingerprint density at radius 3 is 2.89 bits per heavy atom. The van der Waals surface area contributed by atoms with E-state index >= 15 is 0 Å². The molecular formula is C15H24N2O2. The van der Waals surface area contributed by atoms with Gasteiger partial charge in [0, 0.05) is 37.0 Å². The minimum absolute atomic E-state index is 0.00960. The summed E-state index contributed by atoms with van der Waals surface area (Å²) in [7, 11) is 1.86. The smallest absolute Gasteiger partial charge is 0.226 e. The van der Waals surface area contributed by atoms with Gasteiger partial charge in [-0.1, -0.05) is 19.9 Å². The summed E-state index contributed by atoms with van der Waals surface area (Å²) < 4.78 is 0. The maximum atomic E-state index is 11.8. The quantitative estimate of drug-likeness (QED) is 0.848. The lowest BCUT2D eigenvalue weighted by Gasteiger charge is -2.46. The number of piperidine rings is 1. The van der Waals surface area contributed by atoms with Crippen molar-refractivity contribution in [1.29, 1.82) is 0 Å². The number of carbonyl (C=O) groups is 2. The first-order valence-corrected chi connectivity index (χ1v) is 7.21. The van der Waals surface area contributed by atoms with Gasteiger partial charge < -0.3 is 10.2 Å². The number of nitrogens with zero attached hydrogens (tertiary/aromatic N) is 1. The number of amides is 2. The van der Waals surface area contributed by atoms with Crippen LogP contribution in [-0.4, -0.2) is 30.3 Å². The molecule has 2 aliphatic rings. The van der Waals surface area contributed by atoms with Gasteiger partial charge in [0.05, 0.1) is 0 Å². The fourth-order valence-corrected chi connectivity index (χ4v) is 3.15. The summed E-state index contributed by atoms with van der Waals surface area (Å²) in [6.45, 7) is 4.47. The van der Waals surface area contributed by atoms with E-state index in [1.807, 2.05) is 20.9 Å². The highest BCUT2D eigenvalue weighted by Gasteiger charge is 2.43. The van der Waals surface area contributed by atoms with Gasteiger partial charge in [-0.25, -0.2) is 0 Å². The monoisotopic (exact) mass is 264 g/mol. The van der Waals surface area contributed by atoms with Crippen molar-refractivity contribution in [2.45, 2.75) is 46.0 Å². The molecule has 0 spiro atoms. The van der Waals surface area contributed by atoms with E-state index in [0.29, 0.717) is 13.0 Å². The molecule has 0 aromatic carbocycles. The molecule has 1 heterocycles. The number of allylic oxidation sites excluding steroid dienone is 1. The minimum Gasteiger partial charge on any atom is -0.355 e. The maximum absolute atomic E-state index is 11.8. The Morgan fingerprint density at radius 1 is 1.47 bits per heavy atom. The van der Waals surface area contributed by atoms with Crippen LogP contribution < -0.4 is 5.32 Å².